The van der Waals surface area contributed by atoms with Crippen LogP contribution in [0, 0.1) is 0 Å². The lowest BCUT2D eigenvalue weighted by Gasteiger charge is -2.31. The number of morpholine rings is 1. The molecule has 1 heterocycles. The SMILES string of the molecule is CC(C)Oc1cc(Br)ccc1C(=O)N(C)Cc1ccccc1N1CCOCC1. The maximum absolute atomic E-state index is 13.1. The summed E-state index contributed by atoms with van der Waals surface area (Å²) in [7, 11) is 1.83. The van der Waals surface area contributed by atoms with Crippen LogP contribution < -0.4 is 9.64 Å². The predicted octanol–water partition coefficient (Wildman–Crippen LogP) is 4.35. The van der Waals surface area contributed by atoms with Gasteiger partial charge in [0.25, 0.3) is 5.91 Å². The normalized spacial score (nSPS) is 14.2. The molecule has 2 aromatic rings. The molecule has 0 spiro atoms. The van der Waals surface area contributed by atoms with E-state index in [4.69, 9.17) is 9.47 Å². The molecule has 0 atom stereocenters. The zero-order valence-electron chi connectivity index (χ0n) is 16.7. The molecule has 0 saturated carbocycles. The molecule has 28 heavy (non-hydrogen) atoms. The van der Waals surface area contributed by atoms with E-state index in [0.29, 0.717) is 17.9 Å². The van der Waals surface area contributed by atoms with Crippen molar-refractivity contribution in [1.82, 2.24) is 4.90 Å². The minimum absolute atomic E-state index is 0.00629. The molecule has 150 valence electrons. The number of para-hydroxylation sites is 1. The molecule has 3 rings (SSSR count). The molecule has 1 aliphatic heterocycles. The maximum Gasteiger partial charge on any atom is 0.257 e. The van der Waals surface area contributed by atoms with E-state index in [9.17, 15) is 4.79 Å². The third-order valence-corrected chi connectivity index (χ3v) is 5.13. The summed E-state index contributed by atoms with van der Waals surface area (Å²) in [6.45, 7) is 7.65. The van der Waals surface area contributed by atoms with Gasteiger partial charge in [-0.15, -0.1) is 0 Å². The van der Waals surface area contributed by atoms with Crippen LogP contribution >= 0.6 is 15.9 Å². The second kappa shape index (κ2) is 9.43. The first-order chi connectivity index (χ1) is 13.5. The van der Waals surface area contributed by atoms with Gasteiger partial charge in [-0.2, -0.15) is 0 Å². The minimum atomic E-state index is -0.0556. The average Bonchev–Trinajstić information content (AvgIpc) is 2.68. The number of amides is 1. The minimum Gasteiger partial charge on any atom is -0.490 e. The lowest BCUT2D eigenvalue weighted by molar-refractivity contribution is 0.0778. The monoisotopic (exact) mass is 446 g/mol. The van der Waals surface area contributed by atoms with Crippen LogP contribution in [0.5, 0.6) is 5.75 Å². The van der Waals surface area contributed by atoms with Gasteiger partial charge in [0.1, 0.15) is 5.75 Å². The van der Waals surface area contributed by atoms with Crippen molar-refractivity contribution in [2.75, 3.05) is 38.3 Å². The van der Waals surface area contributed by atoms with E-state index in [1.807, 2.05) is 51.2 Å². The third-order valence-electron chi connectivity index (χ3n) is 4.63. The number of carbonyl (C=O) groups is 1. The van der Waals surface area contributed by atoms with E-state index in [1.165, 1.54) is 5.69 Å². The quantitative estimate of drug-likeness (QED) is 0.661. The highest BCUT2D eigenvalue weighted by Crippen LogP contribution is 2.28. The van der Waals surface area contributed by atoms with Crippen molar-refractivity contribution >= 4 is 27.5 Å². The highest BCUT2D eigenvalue weighted by molar-refractivity contribution is 9.10. The summed E-state index contributed by atoms with van der Waals surface area (Å²) in [6.07, 6.45) is -0.00629. The highest BCUT2D eigenvalue weighted by Gasteiger charge is 2.21. The van der Waals surface area contributed by atoms with Gasteiger partial charge in [-0.25, -0.2) is 0 Å². The molecule has 1 amide bonds. The van der Waals surface area contributed by atoms with Crippen molar-refractivity contribution < 1.29 is 14.3 Å². The first-order valence-electron chi connectivity index (χ1n) is 9.58. The van der Waals surface area contributed by atoms with Gasteiger partial charge in [0, 0.05) is 36.8 Å². The Hall–Kier alpha value is -2.05. The number of anilines is 1. The van der Waals surface area contributed by atoms with E-state index in [1.54, 1.807) is 4.90 Å². The fraction of sp³-hybridized carbons (Fsp3) is 0.409. The summed E-state index contributed by atoms with van der Waals surface area (Å²) < 4.78 is 12.2. The van der Waals surface area contributed by atoms with Crippen LogP contribution in [0.3, 0.4) is 0 Å². The van der Waals surface area contributed by atoms with Crippen molar-refractivity contribution in [3.8, 4) is 5.75 Å². The summed E-state index contributed by atoms with van der Waals surface area (Å²) in [4.78, 5) is 17.2. The van der Waals surface area contributed by atoms with Gasteiger partial charge >= 0.3 is 0 Å². The molecule has 1 fully saturated rings. The smallest absolute Gasteiger partial charge is 0.257 e. The van der Waals surface area contributed by atoms with Gasteiger partial charge in [0.2, 0.25) is 0 Å². The Balaban J connectivity index is 1.80. The van der Waals surface area contributed by atoms with Crippen molar-refractivity contribution in [2.45, 2.75) is 26.5 Å². The van der Waals surface area contributed by atoms with Crippen LogP contribution in [0.2, 0.25) is 0 Å². The molecule has 5 nitrogen and oxygen atoms in total. The number of hydrogen-bond donors (Lipinski definition) is 0. The average molecular weight is 447 g/mol. The lowest BCUT2D eigenvalue weighted by Crippen LogP contribution is -2.37. The molecule has 1 saturated heterocycles. The summed E-state index contributed by atoms with van der Waals surface area (Å²) in [6, 6.07) is 13.8. The van der Waals surface area contributed by atoms with Gasteiger partial charge in [-0.05, 0) is 43.7 Å². The Labute approximate surface area is 175 Å². The summed E-state index contributed by atoms with van der Waals surface area (Å²) in [5.41, 5.74) is 2.87. The molecular formula is C22H27BrN2O3. The first kappa shape index (κ1) is 20.7. The van der Waals surface area contributed by atoms with Crippen LogP contribution in [0.15, 0.2) is 46.9 Å². The van der Waals surface area contributed by atoms with Gasteiger partial charge in [-0.3, -0.25) is 4.79 Å². The topological polar surface area (TPSA) is 42.0 Å². The summed E-state index contributed by atoms with van der Waals surface area (Å²) in [5.74, 6) is 0.544. The molecule has 0 radical (unpaired) electrons. The van der Waals surface area contributed by atoms with Gasteiger partial charge < -0.3 is 19.3 Å². The summed E-state index contributed by atoms with van der Waals surface area (Å²) in [5, 5.41) is 0. The van der Waals surface area contributed by atoms with Crippen LogP contribution in [-0.2, 0) is 11.3 Å². The van der Waals surface area contributed by atoms with Crippen molar-refractivity contribution in [1.29, 1.82) is 0 Å². The van der Waals surface area contributed by atoms with Gasteiger partial charge in [0.05, 0.1) is 24.9 Å². The molecule has 6 heteroatoms. The first-order valence-corrected chi connectivity index (χ1v) is 10.4. The Bertz CT molecular complexity index is 819. The van der Waals surface area contributed by atoms with Crippen LogP contribution in [-0.4, -0.2) is 50.3 Å². The fourth-order valence-corrected chi connectivity index (χ4v) is 3.65. The lowest BCUT2D eigenvalue weighted by atomic mass is 10.1. The van der Waals surface area contributed by atoms with Crippen LogP contribution in [0.1, 0.15) is 29.8 Å². The molecule has 0 aromatic heterocycles. The zero-order valence-corrected chi connectivity index (χ0v) is 18.2. The van der Waals surface area contributed by atoms with E-state index >= 15 is 0 Å². The number of ether oxygens (including phenoxy) is 2. The van der Waals surface area contributed by atoms with Crippen molar-refractivity contribution in [2.24, 2.45) is 0 Å². The Morgan fingerprint density at radius 2 is 1.93 bits per heavy atom. The fourth-order valence-electron chi connectivity index (χ4n) is 3.31. The number of halogens is 1. The molecule has 0 unspecified atom stereocenters. The van der Waals surface area contributed by atoms with Gasteiger partial charge in [-0.1, -0.05) is 34.1 Å². The number of carbonyl (C=O) groups excluding carboxylic acids is 1. The van der Waals surface area contributed by atoms with E-state index in [-0.39, 0.29) is 12.0 Å². The molecule has 2 aromatic carbocycles. The second-order valence-electron chi connectivity index (χ2n) is 7.20. The Morgan fingerprint density at radius 1 is 1.21 bits per heavy atom. The third kappa shape index (κ3) is 5.06. The van der Waals surface area contributed by atoms with E-state index in [2.05, 4.69) is 33.0 Å². The predicted molar refractivity (Wildman–Crippen MR) is 115 cm³/mol. The second-order valence-corrected chi connectivity index (χ2v) is 8.11. The highest BCUT2D eigenvalue weighted by atomic mass is 79.9. The molecule has 0 N–H and O–H groups in total. The number of hydrogen-bond acceptors (Lipinski definition) is 4. The number of nitrogens with zero attached hydrogens (tertiary/aromatic N) is 2. The van der Waals surface area contributed by atoms with Crippen LogP contribution in [0.25, 0.3) is 0 Å². The standard InChI is InChI=1S/C22H27BrN2O3/c1-16(2)28-21-14-18(23)8-9-19(21)22(26)24(3)15-17-6-4-5-7-20(17)25-10-12-27-13-11-25/h4-9,14,16H,10-13,15H2,1-3H3. The molecule has 0 aliphatic carbocycles. The Kier molecular flexibility index (Phi) is 6.97. The van der Waals surface area contributed by atoms with E-state index < -0.39 is 0 Å². The zero-order chi connectivity index (χ0) is 20.1. The molecule has 1 aliphatic rings. The molecule has 0 bridgehead atoms. The van der Waals surface area contributed by atoms with Crippen LogP contribution in [0.4, 0.5) is 5.69 Å². The maximum atomic E-state index is 13.1. The van der Waals surface area contributed by atoms with Gasteiger partial charge in [0.15, 0.2) is 0 Å². The summed E-state index contributed by atoms with van der Waals surface area (Å²) >= 11 is 3.46. The number of rotatable bonds is 6. The molecular weight excluding hydrogens is 420 g/mol. The number of benzene rings is 2. The van der Waals surface area contributed by atoms with Crippen molar-refractivity contribution in [3.05, 3.63) is 58.1 Å². The largest absolute Gasteiger partial charge is 0.490 e. The van der Waals surface area contributed by atoms with Crippen molar-refractivity contribution in [3.63, 3.8) is 0 Å². The Morgan fingerprint density at radius 3 is 2.64 bits per heavy atom. The van der Waals surface area contributed by atoms with E-state index in [0.717, 1.165) is 36.3 Å².